The van der Waals surface area contributed by atoms with E-state index in [1.54, 1.807) is 0 Å². The zero-order chi connectivity index (χ0) is 11.2. The van der Waals surface area contributed by atoms with Crippen molar-refractivity contribution >= 4 is 43.5 Å². The van der Waals surface area contributed by atoms with Crippen LogP contribution in [0, 0.1) is 9.39 Å². The number of aromatic nitrogens is 2. The minimum absolute atomic E-state index is 0.140. The van der Waals surface area contributed by atoms with Crippen molar-refractivity contribution in [1.29, 1.82) is 0 Å². The van der Waals surface area contributed by atoms with Crippen LogP contribution in [0.2, 0.25) is 0 Å². The first-order chi connectivity index (χ1) is 6.88. The monoisotopic (exact) mass is 340 g/mol. The van der Waals surface area contributed by atoms with Gasteiger partial charge in [-0.05, 0) is 28.7 Å². The Kier molecular flexibility index (Phi) is 2.45. The Balaban J connectivity index is 2.77. The predicted molar refractivity (Wildman–Crippen MR) is 61.9 cm³/mol. The van der Waals surface area contributed by atoms with Gasteiger partial charge < -0.3 is 4.98 Å². The molecule has 4 nitrogen and oxygen atoms in total. The summed E-state index contributed by atoms with van der Waals surface area (Å²) < 4.78 is 35.9. The molecule has 2 rings (SSSR count). The molecule has 0 saturated heterocycles. The van der Waals surface area contributed by atoms with Gasteiger partial charge in [-0.25, -0.2) is 17.8 Å². The van der Waals surface area contributed by atoms with Crippen LogP contribution in [0.1, 0.15) is 0 Å². The van der Waals surface area contributed by atoms with Crippen LogP contribution in [-0.2, 0) is 9.84 Å². The van der Waals surface area contributed by atoms with Gasteiger partial charge in [0.15, 0.2) is 0 Å². The maximum Gasteiger partial charge on any atom is 0.225 e. The summed E-state index contributed by atoms with van der Waals surface area (Å²) in [5.74, 6) is -0.396. The van der Waals surface area contributed by atoms with Gasteiger partial charge in [0.05, 0.1) is 14.6 Å². The normalized spacial score (nSPS) is 12.2. The molecule has 80 valence electrons. The summed E-state index contributed by atoms with van der Waals surface area (Å²) in [5.41, 5.74) is 0.828. The van der Waals surface area contributed by atoms with Crippen LogP contribution in [0.5, 0.6) is 0 Å². The lowest BCUT2D eigenvalue weighted by Gasteiger charge is -1.92. The molecule has 0 amide bonds. The minimum atomic E-state index is -3.38. The molecule has 0 atom stereocenters. The third-order valence-electron chi connectivity index (χ3n) is 1.85. The van der Waals surface area contributed by atoms with Crippen molar-refractivity contribution in [3.63, 3.8) is 0 Å². The molecule has 2 aromatic rings. The smallest absolute Gasteiger partial charge is 0.225 e. The molecule has 0 saturated carbocycles. The third-order valence-corrected chi connectivity index (χ3v) is 3.58. The Morgan fingerprint density at radius 1 is 1.47 bits per heavy atom. The highest BCUT2D eigenvalue weighted by atomic mass is 127. The largest absolute Gasteiger partial charge is 0.329 e. The second-order valence-electron chi connectivity index (χ2n) is 3.10. The first-order valence-corrected chi connectivity index (χ1v) is 6.90. The van der Waals surface area contributed by atoms with E-state index in [0.29, 0.717) is 14.6 Å². The number of fused-ring (bicyclic) bond motifs is 1. The fourth-order valence-electron chi connectivity index (χ4n) is 1.16. The second kappa shape index (κ2) is 3.41. The highest BCUT2D eigenvalue weighted by molar-refractivity contribution is 14.1. The maximum absolute atomic E-state index is 13.1. The summed E-state index contributed by atoms with van der Waals surface area (Å²) in [6, 6.07) is 2.73. The molecule has 0 spiro atoms. The van der Waals surface area contributed by atoms with E-state index >= 15 is 0 Å². The summed E-state index contributed by atoms with van der Waals surface area (Å²) in [6.07, 6.45) is 1.05. The van der Waals surface area contributed by atoms with Gasteiger partial charge >= 0.3 is 0 Å². The molecule has 1 N–H and O–H groups in total. The zero-order valence-corrected chi connectivity index (χ0v) is 10.6. The van der Waals surface area contributed by atoms with E-state index < -0.39 is 15.7 Å². The van der Waals surface area contributed by atoms with E-state index in [0.717, 1.165) is 6.26 Å². The van der Waals surface area contributed by atoms with E-state index in [-0.39, 0.29) is 5.16 Å². The van der Waals surface area contributed by atoms with Gasteiger partial charge in [0.2, 0.25) is 15.0 Å². The average Bonchev–Trinajstić information content (AvgIpc) is 2.47. The molecule has 0 fully saturated rings. The van der Waals surface area contributed by atoms with E-state index in [1.807, 2.05) is 22.6 Å². The Labute approximate surface area is 99.0 Å². The molecule has 1 heterocycles. The Hall–Kier alpha value is -0.700. The minimum Gasteiger partial charge on any atom is -0.329 e. The molecule has 0 aliphatic rings. The van der Waals surface area contributed by atoms with Crippen LogP contribution in [0.15, 0.2) is 17.3 Å². The lowest BCUT2D eigenvalue weighted by molar-refractivity contribution is 0.595. The van der Waals surface area contributed by atoms with Gasteiger partial charge in [-0.3, -0.25) is 0 Å². The number of hydrogen-bond donors (Lipinski definition) is 1. The predicted octanol–water partition coefficient (Wildman–Crippen LogP) is 1.71. The van der Waals surface area contributed by atoms with Crippen molar-refractivity contribution in [3.8, 4) is 0 Å². The van der Waals surface area contributed by atoms with Crippen LogP contribution in [0.25, 0.3) is 11.0 Å². The van der Waals surface area contributed by atoms with E-state index in [4.69, 9.17) is 0 Å². The molecule has 0 unspecified atom stereocenters. The quantitative estimate of drug-likeness (QED) is 0.804. The van der Waals surface area contributed by atoms with Crippen LogP contribution in [-0.4, -0.2) is 24.6 Å². The van der Waals surface area contributed by atoms with E-state index in [1.165, 1.54) is 12.1 Å². The van der Waals surface area contributed by atoms with E-state index in [9.17, 15) is 12.8 Å². The Morgan fingerprint density at radius 2 is 2.13 bits per heavy atom. The molecular weight excluding hydrogens is 334 g/mol. The first kappa shape index (κ1) is 10.8. The van der Waals surface area contributed by atoms with Crippen molar-refractivity contribution < 1.29 is 12.8 Å². The Morgan fingerprint density at radius 3 is 2.73 bits per heavy atom. The van der Waals surface area contributed by atoms with Gasteiger partial charge in [0, 0.05) is 12.3 Å². The van der Waals surface area contributed by atoms with Crippen LogP contribution < -0.4 is 0 Å². The van der Waals surface area contributed by atoms with E-state index in [2.05, 4.69) is 9.97 Å². The van der Waals surface area contributed by atoms with Gasteiger partial charge in [-0.1, -0.05) is 0 Å². The number of H-pyrrole nitrogens is 1. The number of hydrogen-bond acceptors (Lipinski definition) is 3. The fraction of sp³-hybridized carbons (Fsp3) is 0.125. The number of rotatable bonds is 1. The van der Waals surface area contributed by atoms with Crippen LogP contribution >= 0.6 is 22.6 Å². The number of aromatic amines is 1. The molecule has 0 bridgehead atoms. The highest BCUT2D eigenvalue weighted by Crippen LogP contribution is 2.20. The zero-order valence-electron chi connectivity index (χ0n) is 7.58. The van der Waals surface area contributed by atoms with Crippen molar-refractivity contribution in [3.05, 3.63) is 21.5 Å². The SMILES string of the molecule is CS(=O)(=O)c1nc2cc(I)c(F)cc2[nH]1. The Bertz CT molecular complexity index is 596. The molecule has 7 heteroatoms. The number of sulfone groups is 1. The molecule has 0 aliphatic carbocycles. The van der Waals surface area contributed by atoms with Crippen LogP contribution in [0.4, 0.5) is 4.39 Å². The van der Waals surface area contributed by atoms with Gasteiger partial charge in [-0.15, -0.1) is 0 Å². The van der Waals surface area contributed by atoms with Gasteiger partial charge in [-0.2, -0.15) is 0 Å². The first-order valence-electron chi connectivity index (χ1n) is 3.93. The summed E-state index contributed by atoms with van der Waals surface area (Å²) in [5, 5.41) is -0.140. The number of halogens is 2. The molecule has 15 heavy (non-hydrogen) atoms. The molecular formula is C8H6FIN2O2S. The van der Waals surface area contributed by atoms with Crippen LogP contribution in [0.3, 0.4) is 0 Å². The number of nitrogens with zero attached hydrogens (tertiary/aromatic N) is 1. The molecule has 0 radical (unpaired) electrons. The summed E-state index contributed by atoms with van der Waals surface area (Å²) in [4.78, 5) is 6.43. The number of nitrogens with one attached hydrogen (secondary N) is 1. The lowest BCUT2D eigenvalue weighted by atomic mass is 10.3. The topological polar surface area (TPSA) is 62.8 Å². The van der Waals surface area contributed by atoms with Crippen molar-refractivity contribution in [2.24, 2.45) is 0 Å². The molecule has 0 aliphatic heterocycles. The maximum atomic E-state index is 13.1. The van der Waals surface area contributed by atoms with Crippen molar-refractivity contribution in [1.82, 2.24) is 9.97 Å². The summed E-state index contributed by atoms with van der Waals surface area (Å²) >= 11 is 1.82. The average molecular weight is 340 g/mol. The number of benzene rings is 1. The fourth-order valence-corrected chi connectivity index (χ4v) is 2.17. The highest BCUT2D eigenvalue weighted by Gasteiger charge is 2.14. The van der Waals surface area contributed by atoms with Crippen molar-refractivity contribution in [2.45, 2.75) is 5.16 Å². The standard InChI is InChI=1S/C8H6FIN2O2S/c1-15(13,14)8-11-6-2-4(9)5(10)3-7(6)12-8/h2-3H,1H3,(H,11,12). The van der Waals surface area contributed by atoms with Gasteiger partial charge in [0.25, 0.3) is 0 Å². The lowest BCUT2D eigenvalue weighted by Crippen LogP contribution is -1.98. The molecule has 1 aromatic heterocycles. The third kappa shape index (κ3) is 1.98. The second-order valence-corrected chi connectivity index (χ2v) is 6.19. The van der Waals surface area contributed by atoms with Gasteiger partial charge in [0.1, 0.15) is 5.82 Å². The summed E-state index contributed by atoms with van der Waals surface area (Å²) in [6.45, 7) is 0. The summed E-state index contributed by atoms with van der Waals surface area (Å²) in [7, 11) is -3.38. The van der Waals surface area contributed by atoms with Crippen molar-refractivity contribution in [2.75, 3.05) is 6.26 Å². The molecule has 1 aromatic carbocycles. The number of imidazole rings is 1.